The van der Waals surface area contributed by atoms with E-state index in [1.54, 1.807) is 19.1 Å². The second kappa shape index (κ2) is 7.65. The average molecular weight is 378 g/mol. The lowest BCUT2D eigenvalue weighted by Crippen LogP contribution is -2.36. The Hall–Kier alpha value is -2.75. The quantitative estimate of drug-likeness (QED) is 0.728. The summed E-state index contributed by atoms with van der Waals surface area (Å²) in [6.45, 7) is 1.58. The summed E-state index contributed by atoms with van der Waals surface area (Å²) in [7, 11) is 0. The number of amides is 1. The molecule has 1 aliphatic rings. The van der Waals surface area contributed by atoms with Gasteiger partial charge in [-0.05, 0) is 24.6 Å². The highest BCUT2D eigenvalue weighted by Gasteiger charge is 2.34. The Kier molecular flexibility index (Phi) is 5.31. The Balaban J connectivity index is 1.73. The number of aromatic nitrogens is 3. The maximum absolute atomic E-state index is 13.1. The van der Waals surface area contributed by atoms with Gasteiger partial charge >= 0.3 is 5.97 Å². The topological polar surface area (TPSA) is 94.4 Å². The molecule has 1 amide bonds. The number of carbonyl (C=O) groups is 3. The second-order valence-corrected chi connectivity index (χ2v) is 6.43. The van der Waals surface area contributed by atoms with Crippen molar-refractivity contribution in [2.75, 3.05) is 18.9 Å². The van der Waals surface area contributed by atoms with Gasteiger partial charge in [0, 0.05) is 0 Å². The van der Waals surface area contributed by atoms with Gasteiger partial charge < -0.3 is 9.64 Å². The first-order valence-corrected chi connectivity index (χ1v) is 8.83. The molecule has 0 saturated carbocycles. The van der Waals surface area contributed by atoms with E-state index in [9.17, 15) is 18.8 Å². The van der Waals surface area contributed by atoms with Crippen LogP contribution >= 0.6 is 11.8 Å². The van der Waals surface area contributed by atoms with Crippen molar-refractivity contribution in [3.05, 3.63) is 47.8 Å². The van der Waals surface area contributed by atoms with Gasteiger partial charge in [-0.2, -0.15) is 4.68 Å². The Labute approximate surface area is 152 Å². The van der Waals surface area contributed by atoms with Crippen molar-refractivity contribution in [1.82, 2.24) is 19.7 Å². The van der Waals surface area contributed by atoms with Gasteiger partial charge in [-0.15, -0.1) is 16.9 Å². The average Bonchev–Trinajstić information content (AvgIpc) is 3.24. The van der Waals surface area contributed by atoms with Crippen LogP contribution in [0.1, 0.15) is 33.3 Å². The molecule has 0 spiro atoms. The van der Waals surface area contributed by atoms with Crippen molar-refractivity contribution < 1.29 is 23.5 Å². The molecule has 2 heterocycles. The molecule has 1 aromatic heterocycles. The summed E-state index contributed by atoms with van der Waals surface area (Å²) >= 11 is 1.35. The largest absolute Gasteiger partial charge is 0.460 e. The first-order valence-electron chi connectivity index (χ1n) is 7.78. The smallest absolute Gasteiger partial charge is 0.378 e. The maximum Gasteiger partial charge on any atom is 0.378 e. The molecule has 0 N–H and O–H groups in total. The molecule has 1 fully saturated rings. The molecule has 3 rings (SSSR count). The maximum atomic E-state index is 13.1. The molecule has 136 valence electrons. The van der Waals surface area contributed by atoms with Gasteiger partial charge in [0.2, 0.25) is 5.91 Å². The van der Waals surface area contributed by atoms with Crippen molar-refractivity contribution in [3.8, 4) is 0 Å². The number of carbonyl (C=O) groups excluding carboxylic acids is 3. The fraction of sp³-hybridized carbons (Fsp3) is 0.312. The number of nitrogens with zero attached hydrogens (tertiary/aromatic N) is 4. The first-order chi connectivity index (χ1) is 12.5. The zero-order valence-corrected chi connectivity index (χ0v) is 14.6. The van der Waals surface area contributed by atoms with Gasteiger partial charge in [-0.3, -0.25) is 9.59 Å². The Morgan fingerprint density at radius 2 is 2.08 bits per heavy atom. The minimum Gasteiger partial charge on any atom is -0.460 e. The molecule has 0 radical (unpaired) electrons. The number of hydrogen-bond acceptors (Lipinski definition) is 7. The summed E-state index contributed by atoms with van der Waals surface area (Å²) < 4.78 is 18.8. The fourth-order valence-corrected chi connectivity index (χ4v) is 3.61. The third kappa shape index (κ3) is 3.74. The summed E-state index contributed by atoms with van der Waals surface area (Å²) in [4.78, 5) is 41.3. The van der Waals surface area contributed by atoms with Gasteiger partial charge in [-0.25, -0.2) is 14.2 Å². The highest BCUT2D eigenvalue weighted by molar-refractivity contribution is 8.00. The van der Waals surface area contributed by atoms with E-state index in [-0.39, 0.29) is 41.8 Å². The lowest BCUT2D eigenvalue weighted by molar-refractivity contribution is -0.127. The molecule has 26 heavy (non-hydrogen) atoms. The Morgan fingerprint density at radius 3 is 2.77 bits per heavy atom. The highest BCUT2D eigenvalue weighted by Crippen LogP contribution is 2.38. The van der Waals surface area contributed by atoms with E-state index < -0.39 is 11.9 Å². The third-order valence-electron chi connectivity index (χ3n) is 3.63. The molecule has 10 heteroatoms. The zero-order valence-electron chi connectivity index (χ0n) is 13.8. The van der Waals surface area contributed by atoms with E-state index in [0.29, 0.717) is 0 Å². The van der Waals surface area contributed by atoms with Crippen molar-refractivity contribution in [1.29, 1.82) is 0 Å². The van der Waals surface area contributed by atoms with Crippen LogP contribution in [0.4, 0.5) is 4.39 Å². The van der Waals surface area contributed by atoms with Gasteiger partial charge in [-0.1, -0.05) is 12.1 Å². The van der Waals surface area contributed by atoms with Gasteiger partial charge in [0.25, 0.3) is 11.7 Å². The number of ether oxygens (including phenoxy) is 1. The molecule has 1 aromatic carbocycles. The van der Waals surface area contributed by atoms with E-state index in [1.165, 1.54) is 28.8 Å². The number of halogens is 1. The molecule has 1 aliphatic heterocycles. The second-order valence-electron chi connectivity index (χ2n) is 5.36. The number of benzene rings is 1. The van der Waals surface area contributed by atoms with Gasteiger partial charge in [0.1, 0.15) is 24.1 Å². The fourth-order valence-electron chi connectivity index (χ4n) is 2.42. The van der Waals surface area contributed by atoms with E-state index in [4.69, 9.17) is 4.74 Å². The number of hydrogen-bond donors (Lipinski definition) is 0. The molecular formula is C16H15FN4O4S. The van der Waals surface area contributed by atoms with Crippen LogP contribution in [0.3, 0.4) is 0 Å². The van der Waals surface area contributed by atoms with E-state index in [2.05, 4.69) is 10.1 Å². The predicted octanol–water partition coefficient (Wildman–Crippen LogP) is 1.51. The highest BCUT2D eigenvalue weighted by atomic mass is 32.2. The van der Waals surface area contributed by atoms with E-state index in [1.807, 2.05) is 0 Å². The summed E-state index contributed by atoms with van der Waals surface area (Å²) in [6, 6.07) is 5.78. The molecular weight excluding hydrogens is 363 g/mol. The van der Waals surface area contributed by atoms with Crippen LogP contribution in [0.25, 0.3) is 0 Å². The third-order valence-corrected chi connectivity index (χ3v) is 4.89. The van der Waals surface area contributed by atoms with Crippen LogP contribution in [0, 0.1) is 5.82 Å². The van der Waals surface area contributed by atoms with Crippen LogP contribution in [-0.4, -0.2) is 56.4 Å². The number of rotatable bonds is 5. The van der Waals surface area contributed by atoms with Crippen molar-refractivity contribution in [3.63, 3.8) is 0 Å². The first kappa shape index (κ1) is 18.1. The van der Waals surface area contributed by atoms with E-state index >= 15 is 0 Å². The van der Waals surface area contributed by atoms with Gasteiger partial charge in [0.15, 0.2) is 0 Å². The number of esters is 1. The Bertz CT molecular complexity index is 839. The molecule has 0 bridgehead atoms. The lowest BCUT2D eigenvalue weighted by atomic mass is 10.2. The van der Waals surface area contributed by atoms with Crippen LogP contribution in [0.2, 0.25) is 0 Å². The molecule has 1 atom stereocenters. The molecule has 1 unspecified atom stereocenters. The molecule has 1 saturated heterocycles. The van der Waals surface area contributed by atoms with Crippen molar-refractivity contribution >= 4 is 29.5 Å². The Morgan fingerprint density at radius 1 is 1.35 bits per heavy atom. The summed E-state index contributed by atoms with van der Waals surface area (Å²) in [6.07, 6.45) is 1.11. The van der Waals surface area contributed by atoms with Crippen LogP contribution in [0.15, 0.2) is 30.6 Å². The minimum atomic E-state index is -0.726. The SMILES string of the molecule is CCOC(=O)c1ncn(C(=O)CN2C(=O)CSC2c2ccc(F)cc2)n1. The normalized spacial score (nSPS) is 16.8. The van der Waals surface area contributed by atoms with Gasteiger partial charge in [0.05, 0.1) is 12.4 Å². The predicted molar refractivity (Wildman–Crippen MR) is 89.9 cm³/mol. The van der Waals surface area contributed by atoms with E-state index in [0.717, 1.165) is 16.6 Å². The summed E-state index contributed by atoms with van der Waals surface area (Å²) in [5.41, 5.74) is 0.723. The minimum absolute atomic E-state index is 0.167. The zero-order chi connectivity index (χ0) is 18.7. The lowest BCUT2D eigenvalue weighted by Gasteiger charge is -2.23. The standard InChI is InChI=1S/C16H15FN4O4S/c1-2-25-16(24)14-18-9-21(19-14)12(22)7-20-13(23)8-26-15(20)10-3-5-11(17)6-4-10/h3-6,9,15H,2,7-8H2,1H3. The summed E-state index contributed by atoms with van der Waals surface area (Å²) in [5, 5.41) is 3.40. The summed E-state index contributed by atoms with van der Waals surface area (Å²) in [5.74, 6) is -1.83. The van der Waals surface area contributed by atoms with Crippen molar-refractivity contribution in [2.24, 2.45) is 0 Å². The molecule has 2 aromatic rings. The molecule has 8 nitrogen and oxygen atoms in total. The van der Waals surface area contributed by atoms with Crippen LogP contribution < -0.4 is 0 Å². The number of thioether (sulfide) groups is 1. The van der Waals surface area contributed by atoms with Crippen LogP contribution in [0.5, 0.6) is 0 Å². The van der Waals surface area contributed by atoms with Crippen LogP contribution in [-0.2, 0) is 9.53 Å². The molecule has 0 aliphatic carbocycles. The monoisotopic (exact) mass is 378 g/mol. The van der Waals surface area contributed by atoms with Crippen molar-refractivity contribution in [2.45, 2.75) is 12.3 Å².